The van der Waals surface area contributed by atoms with Gasteiger partial charge in [-0.05, 0) is 55.8 Å². The SMILES string of the molecule is CCN(CC)c1ccc(NC(=O)c2cccc(CS(C)=O)c2)cc1. The van der Waals surface area contributed by atoms with Gasteiger partial charge in [-0.2, -0.15) is 0 Å². The topological polar surface area (TPSA) is 49.4 Å². The number of hydrogen-bond acceptors (Lipinski definition) is 3. The lowest BCUT2D eigenvalue weighted by Crippen LogP contribution is -2.21. The molecule has 1 unspecified atom stereocenters. The zero-order chi connectivity index (χ0) is 17.5. The lowest BCUT2D eigenvalue weighted by Gasteiger charge is -2.21. The Morgan fingerprint density at radius 2 is 1.75 bits per heavy atom. The first-order valence-electron chi connectivity index (χ1n) is 8.08. The van der Waals surface area contributed by atoms with E-state index in [0.29, 0.717) is 11.3 Å². The fourth-order valence-corrected chi connectivity index (χ4v) is 3.23. The van der Waals surface area contributed by atoms with E-state index in [1.807, 2.05) is 36.4 Å². The summed E-state index contributed by atoms with van der Waals surface area (Å²) in [6.45, 7) is 6.15. The average molecular weight is 344 g/mol. The molecule has 1 atom stereocenters. The molecule has 0 fully saturated rings. The summed E-state index contributed by atoms with van der Waals surface area (Å²) >= 11 is 0. The number of carbonyl (C=O) groups is 1. The molecule has 4 nitrogen and oxygen atoms in total. The maximum atomic E-state index is 12.4. The van der Waals surface area contributed by atoms with Crippen molar-refractivity contribution >= 4 is 28.1 Å². The summed E-state index contributed by atoms with van der Waals surface area (Å²) in [5.74, 6) is 0.300. The van der Waals surface area contributed by atoms with Gasteiger partial charge in [-0.3, -0.25) is 9.00 Å². The highest BCUT2D eigenvalue weighted by Crippen LogP contribution is 2.18. The van der Waals surface area contributed by atoms with Crippen molar-refractivity contribution in [1.29, 1.82) is 0 Å². The number of amides is 1. The first-order chi connectivity index (χ1) is 11.5. The number of nitrogens with zero attached hydrogens (tertiary/aromatic N) is 1. The molecule has 5 heteroatoms. The zero-order valence-corrected chi connectivity index (χ0v) is 15.2. The quantitative estimate of drug-likeness (QED) is 0.834. The van der Waals surface area contributed by atoms with Crippen molar-refractivity contribution in [2.24, 2.45) is 0 Å². The van der Waals surface area contributed by atoms with Crippen molar-refractivity contribution in [3.8, 4) is 0 Å². The van der Waals surface area contributed by atoms with Crippen LogP contribution in [0.15, 0.2) is 48.5 Å². The van der Waals surface area contributed by atoms with Gasteiger partial charge in [0.1, 0.15) is 0 Å². The summed E-state index contributed by atoms with van der Waals surface area (Å²) in [5, 5.41) is 2.91. The summed E-state index contributed by atoms with van der Waals surface area (Å²) in [4.78, 5) is 14.6. The van der Waals surface area contributed by atoms with Crippen molar-refractivity contribution in [2.45, 2.75) is 19.6 Å². The summed E-state index contributed by atoms with van der Waals surface area (Å²) in [6.07, 6.45) is 1.66. The number of hydrogen-bond donors (Lipinski definition) is 1. The molecule has 2 aromatic rings. The van der Waals surface area contributed by atoms with Gasteiger partial charge in [0.2, 0.25) is 0 Å². The van der Waals surface area contributed by atoms with Gasteiger partial charge in [0.25, 0.3) is 5.91 Å². The second kappa shape index (κ2) is 8.64. The first-order valence-corrected chi connectivity index (χ1v) is 9.81. The van der Waals surface area contributed by atoms with E-state index in [9.17, 15) is 9.00 Å². The standard InChI is InChI=1S/C19H24N2O2S/c1-4-21(5-2)18-11-9-17(10-12-18)20-19(22)16-8-6-7-15(13-16)14-24(3)23/h6-13H,4-5,14H2,1-3H3,(H,20,22). The molecule has 0 aliphatic rings. The van der Waals surface area contributed by atoms with Crippen LogP contribution in [0.1, 0.15) is 29.8 Å². The minimum Gasteiger partial charge on any atom is -0.372 e. The van der Waals surface area contributed by atoms with E-state index in [-0.39, 0.29) is 5.91 Å². The molecule has 2 aromatic carbocycles. The van der Waals surface area contributed by atoms with E-state index in [0.717, 1.165) is 30.0 Å². The maximum absolute atomic E-state index is 12.4. The zero-order valence-electron chi connectivity index (χ0n) is 14.4. The predicted octanol–water partition coefficient (Wildman–Crippen LogP) is 3.66. The molecule has 0 radical (unpaired) electrons. The lowest BCUT2D eigenvalue weighted by atomic mass is 10.1. The minimum atomic E-state index is -0.922. The largest absolute Gasteiger partial charge is 0.372 e. The summed E-state index contributed by atoms with van der Waals surface area (Å²) < 4.78 is 11.3. The van der Waals surface area contributed by atoms with Crippen molar-refractivity contribution in [3.63, 3.8) is 0 Å². The van der Waals surface area contributed by atoms with E-state index in [1.54, 1.807) is 18.4 Å². The number of benzene rings is 2. The third-order valence-electron chi connectivity index (χ3n) is 3.81. The van der Waals surface area contributed by atoms with Crippen LogP contribution in [0.5, 0.6) is 0 Å². The second-order valence-corrected chi connectivity index (χ2v) is 7.03. The first kappa shape index (κ1) is 18.2. The fraction of sp³-hybridized carbons (Fsp3) is 0.316. The Hall–Kier alpha value is -2.14. The molecule has 1 N–H and O–H groups in total. The maximum Gasteiger partial charge on any atom is 0.255 e. The van der Waals surface area contributed by atoms with Crippen LogP contribution >= 0.6 is 0 Å². The molecule has 0 spiro atoms. The van der Waals surface area contributed by atoms with Gasteiger partial charge < -0.3 is 10.2 Å². The Morgan fingerprint density at radius 1 is 1.08 bits per heavy atom. The Morgan fingerprint density at radius 3 is 2.33 bits per heavy atom. The van der Waals surface area contributed by atoms with Crippen molar-refractivity contribution in [3.05, 3.63) is 59.7 Å². The molecule has 0 saturated carbocycles. The van der Waals surface area contributed by atoms with Crippen LogP contribution in [0, 0.1) is 0 Å². The van der Waals surface area contributed by atoms with Crippen LogP contribution in [-0.2, 0) is 16.6 Å². The number of anilines is 2. The van der Waals surface area contributed by atoms with Gasteiger partial charge in [-0.15, -0.1) is 0 Å². The van der Waals surface area contributed by atoms with Crippen LogP contribution in [0.25, 0.3) is 0 Å². The molecule has 1 amide bonds. The van der Waals surface area contributed by atoms with Crippen LogP contribution in [0.4, 0.5) is 11.4 Å². The third kappa shape index (κ3) is 4.93. The second-order valence-electron chi connectivity index (χ2n) is 5.59. The molecule has 0 saturated heterocycles. The van der Waals surface area contributed by atoms with E-state index < -0.39 is 10.8 Å². The highest BCUT2D eigenvalue weighted by atomic mass is 32.2. The van der Waals surface area contributed by atoms with Crippen LogP contribution in [0.2, 0.25) is 0 Å². The van der Waals surface area contributed by atoms with Crippen molar-refractivity contribution in [2.75, 3.05) is 29.6 Å². The monoisotopic (exact) mass is 344 g/mol. The predicted molar refractivity (Wildman–Crippen MR) is 102 cm³/mol. The van der Waals surface area contributed by atoms with Gasteiger partial charge in [0.05, 0.1) is 0 Å². The van der Waals surface area contributed by atoms with Crippen LogP contribution in [-0.4, -0.2) is 29.5 Å². The molecular formula is C19H24N2O2S. The van der Waals surface area contributed by atoms with Crippen LogP contribution < -0.4 is 10.2 Å². The normalized spacial score (nSPS) is 11.8. The molecule has 0 aliphatic carbocycles. The minimum absolute atomic E-state index is 0.158. The Bertz CT molecular complexity index is 710. The third-order valence-corrected chi connectivity index (χ3v) is 4.55. The summed E-state index contributed by atoms with van der Waals surface area (Å²) in [7, 11) is -0.922. The number of nitrogens with one attached hydrogen (secondary N) is 1. The van der Waals surface area contributed by atoms with Gasteiger partial charge in [0, 0.05) is 52.8 Å². The summed E-state index contributed by atoms with van der Waals surface area (Å²) in [5.41, 5.74) is 3.39. The molecule has 0 heterocycles. The molecule has 128 valence electrons. The van der Waals surface area contributed by atoms with Crippen molar-refractivity contribution < 1.29 is 9.00 Å². The van der Waals surface area contributed by atoms with Gasteiger partial charge >= 0.3 is 0 Å². The Kier molecular flexibility index (Phi) is 6.55. The average Bonchev–Trinajstić information content (AvgIpc) is 2.57. The fourth-order valence-electron chi connectivity index (χ4n) is 2.58. The molecule has 0 aliphatic heterocycles. The summed E-state index contributed by atoms with van der Waals surface area (Å²) in [6, 6.07) is 15.1. The number of carbonyl (C=O) groups excluding carboxylic acids is 1. The van der Waals surface area contributed by atoms with E-state index in [1.165, 1.54) is 0 Å². The Balaban J connectivity index is 2.08. The van der Waals surface area contributed by atoms with Crippen LogP contribution in [0.3, 0.4) is 0 Å². The molecule has 0 aromatic heterocycles. The van der Waals surface area contributed by atoms with Gasteiger partial charge in [0.15, 0.2) is 0 Å². The smallest absolute Gasteiger partial charge is 0.255 e. The van der Waals surface area contributed by atoms with E-state index in [2.05, 4.69) is 24.1 Å². The number of rotatable bonds is 7. The van der Waals surface area contributed by atoms with E-state index >= 15 is 0 Å². The molecular weight excluding hydrogens is 320 g/mol. The highest BCUT2D eigenvalue weighted by Gasteiger charge is 2.08. The Labute approximate surface area is 146 Å². The molecule has 2 rings (SSSR count). The van der Waals surface area contributed by atoms with E-state index in [4.69, 9.17) is 0 Å². The van der Waals surface area contributed by atoms with Gasteiger partial charge in [-0.25, -0.2) is 0 Å². The molecule has 24 heavy (non-hydrogen) atoms. The van der Waals surface area contributed by atoms with Gasteiger partial charge in [-0.1, -0.05) is 12.1 Å². The lowest BCUT2D eigenvalue weighted by molar-refractivity contribution is 0.102. The van der Waals surface area contributed by atoms with Crippen molar-refractivity contribution in [1.82, 2.24) is 0 Å². The molecule has 0 bridgehead atoms. The highest BCUT2D eigenvalue weighted by molar-refractivity contribution is 7.83.